The van der Waals surface area contributed by atoms with Crippen molar-refractivity contribution in [3.05, 3.63) is 106 Å². The van der Waals surface area contributed by atoms with Crippen molar-refractivity contribution in [3.63, 3.8) is 0 Å². The highest BCUT2D eigenvalue weighted by molar-refractivity contribution is 6.33. The van der Waals surface area contributed by atoms with Crippen molar-refractivity contribution in [2.24, 2.45) is 0 Å². The Kier molecular flexibility index (Phi) is 8.25. The molecule has 0 spiro atoms. The molecular formula is C28H24Cl2F3N3O. The maximum absolute atomic E-state index is 13.3. The van der Waals surface area contributed by atoms with Gasteiger partial charge in [0.2, 0.25) is 0 Å². The van der Waals surface area contributed by atoms with Gasteiger partial charge in [0.15, 0.2) is 0 Å². The number of benzene rings is 3. The topological polar surface area (TPSA) is 56.2 Å². The van der Waals surface area contributed by atoms with E-state index in [0.29, 0.717) is 45.9 Å². The highest BCUT2D eigenvalue weighted by Gasteiger charge is 2.33. The summed E-state index contributed by atoms with van der Waals surface area (Å²) in [5.74, 6) is -0.135. The Balaban J connectivity index is 1.56. The molecule has 0 bridgehead atoms. The van der Waals surface area contributed by atoms with Gasteiger partial charge in [-0.1, -0.05) is 59.6 Å². The lowest BCUT2D eigenvalue weighted by Crippen LogP contribution is -2.36. The maximum Gasteiger partial charge on any atom is 0.432 e. The lowest BCUT2D eigenvalue weighted by Gasteiger charge is -2.25. The maximum atomic E-state index is 13.3. The summed E-state index contributed by atoms with van der Waals surface area (Å²) in [5.41, 5.74) is 0.788. The van der Waals surface area contributed by atoms with Crippen molar-refractivity contribution < 1.29 is 18.0 Å². The number of rotatable bonds is 7. The van der Waals surface area contributed by atoms with E-state index in [0.717, 1.165) is 18.4 Å². The molecule has 1 unspecified atom stereocenters. The number of amides is 1. The average molecular weight is 546 g/mol. The van der Waals surface area contributed by atoms with Crippen LogP contribution in [0, 0.1) is 5.41 Å². The van der Waals surface area contributed by atoms with Crippen LogP contribution < -0.4 is 5.32 Å². The second kappa shape index (κ2) is 11.4. The number of carbonyl (C=O) groups is 1. The van der Waals surface area contributed by atoms with Crippen molar-refractivity contribution in [3.8, 4) is 0 Å². The first-order valence-corrected chi connectivity index (χ1v) is 12.4. The largest absolute Gasteiger partial charge is 0.432 e. The van der Waals surface area contributed by atoms with Crippen LogP contribution >= 0.6 is 23.2 Å². The van der Waals surface area contributed by atoms with E-state index in [1.807, 2.05) is 29.2 Å². The van der Waals surface area contributed by atoms with Crippen LogP contribution in [0.3, 0.4) is 0 Å². The van der Waals surface area contributed by atoms with Crippen LogP contribution in [0.5, 0.6) is 0 Å². The van der Waals surface area contributed by atoms with Crippen LogP contribution in [-0.2, 0) is 6.42 Å². The molecule has 0 saturated carbocycles. The molecule has 1 heterocycles. The predicted molar refractivity (Wildman–Crippen MR) is 142 cm³/mol. The summed E-state index contributed by atoms with van der Waals surface area (Å²) in [5, 5.41) is 11.3. The molecule has 0 aromatic heterocycles. The molecule has 9 heteroatoms. The fourth-order valence-corrected chi connectivity index (χ4v) is 4.73. The van der Waals surface area contributed by atoms with Crippen molar-refractivity contribution in [2.75, 3.05) is 11.9 Å². The second-order valence-corrected chi connectivity index (χ2v) is 9.62. The first-order chi connectivity index (χ1) is 17.6. The summed E-state index contributed by atoms with van der Waals surface area (Å²) in [6.07, 6.45) is -1.63. The van der Waals surface area contributed by atoms with Gasteiger partial charge in [0.25, 0.3) is 5.91 Å². The molecule has 1 atom stereocenters. The van der Waals surface area contributed by atoms with Crippen LogP contribution in [0.1, 0.15) is 34.3 Å². The zero-order valence-corrected chi connectivity index (χ0v) is 21.2. The van der Waals surface area contributed by atoms with Gasteiger partial charge in [0.1, 0.15) is 5.71 Å². The molecule has 1 saturated heterocycles. The molecule has 37 heavy (non-hydrogen) atoms. The van der Waals surface area contributed by atoms with Gasteiger partial charge in [-0.15, -0.1) is 0 Å². The lowest BCUT2D eigenvalue weighted by atomic mass is 10.0. The number of nitrogens with zero attached hydrogens (tertiary/aromatic N) is 1. The standard InChI is InChI=1S/C28H24Cl2F3N3O/c29-21-6-3-5-18(15-21)16-22-7-4-14-36(22)27(37)20-12-10-19(11-13-20)25(17-26(34)28(31,32)33)35-24-9-2-1-8-23(24)30/h1-3,5-6,8-13,15,17,22,34-35H,4,7,14,16H2/b25-17-,34-26?. The number of carbonyl (C=O) groups excluding carboxylic acids is 1. The summed E-state index contributed by atoms with van der Waals surface area (Å²) in [4.78, 5) is 15.2. The minimum absolute atomic E-state index is 0.0365. The number of anilines is 1. The fraction of sp³-hybridized carbons (Fsp3) is 0.214. The number of hydrogen-bond acceptors (Lipinski definition) is 3. The van der Waals surface area contributed by atoms with E-state index in [-0.39, 0.29) is 17.6 Å². The van der Waals surface area contributed by atoms with E-state index in [9.17, 15) is 18.0 Å². The van der Waals surface area contributed by atoms with Gasteiger partial charge in [-0.2, -0.15) is 13.2 Å². The Labute approximate surface area is 223 Å². The Morgan fingerprint density at radius 2 is 1.73 bits per heavy atom. The summed E-state index contributed by atoms with van der Waals surface area (Å²) < 4.78 is 39.4. The van der Waals surface area contributed by atoms with E-state index < -0.39 is 11.9 Å². The lowest BCUT2D eigenvalue weighted by molar-refractivity contribution is -0.0583. The Morgan fingerprint density at radius 1 is 1.03 bits per heavy atom. The zero-order chi connectivity index (χ0) is 26.6. The fourth-order valence-electron chi connectivity index (χ4n) is 4.33. The first kappa shape index (κ1) is 26.8. The van der Waals surface area contributed by atoms with Crippen LogP contribution in [-0.4, -0.2) is 35.3 Å². The molecular weight excluding hydrogens is 522 g/mol. The summed E-state index contributed by atoms with van der Waals surface area (Å²) in [7, 11) is 0. The molecule has 1 aliphatic heterocycles. The molecule has 4 nitrogen and oxygen atoms in total. The third kappa shape index (κ3) is 6.73. The van der Waals surface area contributed by atoms with Gasteiger partial charge in [-0.25, -0.2) is 0 Å². The minimum Gasteiger partial charge on any atom is -0.354 e. The molecule has 1 aliphatic rings. The number of hydrogen-bond donors (Lipinski definition) is 2. The Bertz CT molecular complexity index is 1320. The molecule has 1 fully saturated rings. The van der Waals surface area contributed by atoms with E-state index in [1.54, 1.807) is 48.5 Å². The van der Waals surface area contributed by atoms with Crippen LogP contribution in [0.25, 0.3) is 5.70 Å². The van der Waals surface area contributed by atoms with Gasteiger partial charge in [-0.3, -0.25) is 10.2 Å². The van der Waals surface area contributed by atoms with Gasteiger partial charge in [0.05, 0.1) is 10.7 Å². The van der Waals surface area contributed by atoms with Crippen molar-refractivity contribution in [1.82, 2.24) is 4.90 Å². The number of para-hydroxylation sites is 1. The Hall–Kier alpha value is -3.29. The van der Waals surface area contributed by atoms with E-state index in [1.165, 1.54) is 0 Å². The highest BCUT2D eigenvalue weighted by atomic mass is 35.5. The quantitative estimate of drug-likeness (QED) is 0.296. The number of likely N-dealkylation sites (tertiary alicyclic amines) is 1. The van der Waals surface area contributed by atoms with Crippen molar-refractivity contribution in [1.29, 1.82) is 5.41 Å². The van der Waals surface area contributed by atoms with Crippen molar-refractivity contribution in [2.45, 2.75) is 31.5 Å². The van der Waals surface area contributed by atoms with Gasteiger partial charge >= 0.3 is 6.18 Å². The monoisotopic (exact) mass is 545 g/mol. The SMILES string of the molecule is N=C(/C=C(\Nc1ccccc1Cl)c1ccc(C(=O)N2CCCC2Cc2cccc(Cl)c2)cc1)C(F)(F)F. The van der Waals surface area contributed by atoms with Gasteiger partial charge in [-0.05, 0) is 72.9 Å². The second-order valence-electron chi connectivity index (χ2n) is 8.78. The smallest absolute Gasteiger partial charge is 0.354 e. The molecule has 4 rings (SSSR count). The molecule has 0 aliphatic carbocycles. The van der Waals surface area contributed by atoms with E-state index in [2.05, 4.69) is 5.32 Å². The van der Waals surface area contributed by atoms with Gasteiger partial charge in [0, 0.05) is 28.9 Å². The molecule has 3 aromatic carbocycles. The van der Waals surface area contributed by atoms with Crippen molar-refractivity contribution >= 4 is 46.2 Å². The number of nitrogens with one attached hydrogen (secondary N) is 2. The van der Waals surface area contributed by atoms with E-state index in [4.69, 9.17) is 28.6 Å². The first-order valence-electron chi connectivity index (χ1n) is 11.7. The third-order valence-corrected chi connectivity index (χ3v) is 6.74. The molecule has 1 amide bonds. The molecule has 0 radical (unpaired) electrons. The van der Waals surface area contributed by atoms with Crippen LogP contribution in [0.4, 0.5) is 18.9 Å². The average Bonchev–Trinajstić information content (AvgIpc) is 3.32. The Morgan fingerprint density at radius 3 is 2.41 bits per heavy atom. The van der Waals surface area contributed by atoms with Crippen LogP contribution in [0.2, 0.25) is 10.0 Å². The number of allylic oxidation sites excluding steroid dienone is 1. The number of alkyl halides is 3. The summed E-state index contributed by atoms with van der Waals surface area (Å²) in [6.45, 7) is 0.633. The van der Waals surface area contributed by atoms with E-state index >= 15 is 0 Å². The minimum atomic E-state index is -4.81. The van der Waals surface area contributed by atoms with Crippen LogP contribution in [0.15, 0.2) is 78.9 Å². The summed E-state index contributed by atoms with van der Waals surface area (Å²) >= 11 is 12.3. The molecule has 3 aromatic rings. The highest BCUT2D eigenvalue weighted by Crippen LogP contribution is 2.29. The predicted octanol–water partition coefficient (Wildman–Crippen LogP) is 7.88. The molecule has 2 N–H and O–H groups in total. The molecule has 192 valence electrons. The summed E-state index contributed by atoms with van der Waals surface area (Å²) in [6, 6.07) is 20.5. The van der Waals surface area contributed by atoms with Gasteiger partial charge < -0.3 is 10.2 Å². The normalized spacial score (nSPS) is 16.1. The number of halogens is 5. The zero-order valence-electron chi connectivity index (χ0n) is 19.7. The third-order valence-electron chi connectivity index (χ3n) is 6.18.